The second-order valence-electron chi connectivity index (χ2n) is 15.2. The van der Waals surface area contributed by atoms with Crippen molar-refractivity contribution in [2.24, 2.45) is 0 Å². The lowest BCUT2D eigenvalue weighted by Crippen LogP contribution is -2.16. The Morgan fingerprint density at radius 1 is 0.464 bits per heavy atom. The van der Waals surface area contributed by atoms with E-state index in [0.717, 1.165) is 77.3 Å². The average molecular weight is 737 g/mol. The molecule has 0 bridgehead atoms. The van der Waals surface area contributed by atoms with Crippen molar-refractivity contribution in [3.63, 3.8) is 0 Å². The van der Waals surface area contributed by atoms with Crippen LogP contribution < -0.4 is 4.90 Å². The van der Waals surface area contributed by atoms with Crippen LogP contribution in [0.1, 0.15) is 25.0 Å². The van der Waals surface area contributed by atoms with Crippen LogP contribution >= 0.6 is 11.3 Å². The molecule has 0 amide bonds. The van der Waals surface area contributed by atoms with E-state index in [-0.39, 0.29) is 5.41 Å². The summed E-state index contributed by atoms with van der Waals surface area (Å²) in [6, 6.07) is 65.3. The van der Waals surface area contributed by atoms with Crippen LogP contribution in [0.25, 0.3) is 76.1 Å². The van der Waals surface area contributed by atoms with E-state index in [4.69, 9.17) is 9.40 Å². The zero-order chi connectivity index (χ0) is 37.4. The molecule has 3 nitrogen and oxygen atoms in total. The zero-order valence-corrected chi connectivity index (χ0v) is 31.8. The van der Waals surface area contributed by atoms with E-state index in [1.54, 1.807) is 11.3 Å². The third-order valence-electron chi connectivity index (χ3n) is 11.5. The number of thiazole rings is 1. The lowest BCUT2D eigenvalue weighted by molar-refractivity contribution is 0.660. The summed E-state index contributed by atoms with van der Waals surface area (Å²) in [6.07, 6.45) is 0. The number of furan rings is 1. The summed E-state index contributed by atoms with van der Waals surface area (Å²) in [6.45, 7) is 4.68. The summed E-state index contributed by atoms with van der Waals surface area (Å²) in [5.74, 6) is 0. The topological polar surface area (TPSA) is 29.3 Å². The third-order valence-corrected chi connectivity index (χ3v) is 12.6. The van der Waals surface area contributed by atoms with Gasteiger partial charge in [-0.2, -0.15) is 0 Å². The summed E-state index contributed by atoms with van der Waals surface area (Å²) in [5, 5.41) is 3.27. The lowest BCUT2D eigenvalue weighted by atomic mass is 9.82. The van der Waals surface area contributed by atoms with Gasteiger partial charge in [0.25, 0.3) is 0 Å². The van der Waals surface area contributed by atoms with E-state index in [0.29, 0.717) is 0 Å². The minimum Gasteiger partial charge on any atom is -0.455 e. The molecule has 0 saturated carbocycles. The Labute approximate surface area is 329 Å². The van der Waals surface area contributed by atoms with E-state index in [1.807, 2.05) is 6.07 Å². The first-order valence-electron chi connectivity index (χ1n) is 19.1. The van der Waals surface area contributed by atoms with Crippen LogP contribution in [0.5, 0.6) is 0 Å². The van der Waals surface area contributed by atoms with Gasteiger partial charge in [0.15, 0.2) is 0 Å². The van der Waals surface area contributed by atoms with Gasteiger partial charge >= 0.3 is 0 Å². The van der Waals surface area contributed by atoms with Crippen LogP contribution in [-0.2, 0) is 5.41 Å². The second kappa shape index (κ2) is 12.7. The Morgan fingerprint density at radius 2 is 1.02 bits per heavy atom. The molecule has 56 heavy (non-hydrogen) atoms. The number of para-hydroxylation sites is 2. The van der Waals surface area contributed by atoms with Crippen molar-refractivity contribution in [3.8, 4) is 44.0 Å². The first-order chi connectivity index (χ1) is 27.5. The molecule has 0 saturated heterocycles. The minimum absolute atomic E-state index is 0.118. The van der Waals surface area contributed by atoms with Gasteiger partial charge in [-0.1, -0.05) is 153 Å². The lowest BCUT2D eigenvalue weighted by Gasteiger charge is -2.28. The molecule has 266 valence electrons. The second-order valence-corrected chi connectivity index (χ2v) is 16.2. The number of nitrogens with zero attached hydrogens (tertiary/aromatic N) is 2. The maximum Gasteiger partial charge on any atom is 0.143 e. The van der Waals surface area contributed by atoms with E-state index in [9.17, 15) is 0 Å². The van der Waals surface area contributed by atoms with Gasteiger partial charge in [0.1, 0.15) is 16.2 Å². The van der Waals surface area contributed by atoms with E-state index in [2.05, 4.69) is 195 Å². The molecule has 11 rings (SSSR count). The molecule has 0 aliphatic heterocycles. The molecule has 0 radical (unpaired) electrons. The molecule has 4 heteroatoms. The summed E-state index contributed by atoms with van der Waals surface area (Å²) in [4.78, 5) is 7.50. The molecule has 0 fully saturated rings. The van der Waals surface area contributed by atoms with Gasteiger partial charge in [0, 0.05) is 49.9 Å². The van der Waals surface area contributed by atoms with E-state index >= 15 is 0 Å². The molecule has 0 spiro atoms. The molecule has 0 N–H and O–H groups in total. The monoisotopic (exact) mass is 736 g/mol. The molecular formula is C52H36N2OS. The fourth-order valence-electron chi connectivity index (χ4n) is 8.72. The molecule has 2 aromatic heterocycles. The predicted molar refractivity (Wildman–Crippen MR) is 235 cm³/mol. The van der Waals surface area contributed by atoms with Crippen LogP contribution in [0, 0.1) is 0 Å². The van der Waals surface area contributed by atoms with Gasteiger partial charge < -0.3 is 9.32 Å². The van der Waals surface area contributed by atoms with Gasteiger partial charge in [-0.15, -0.1) is 11.3 Å². The van der Waals surface area contributed by atoms with Gasteiger partial charge in [0.2, 0.25) is 0 Å². The van der Waals surface area contributed by atoms with E-state index in [1.165, 1.54) is 27.0 Å². The molecular weight excluding hydrogens is 701 g/mol. The maximum absolute atomic E-state index is 6.79. The molecule has 0 atom stereocenters. The van der Waals surface area contributed by atoms with Gasteiger partial charge in [-0.05, 0) is 75.8 Å². The first kappa shape index (κ1) is 32.7. The fourth-order valence-corrected chi connectivity index (χ4v) is 9.67. The molecule has 1 aliphatic rings. The van der Waals surface area contributed by atoms with Crippen molar-refractivity contribution in [2.75, 3.05) is 4.90 Å². The van der Waals surface area contributed by atoms with Crippen molar-refractivity contribution in [3.05, 3.63) is 193 Å². The SMILES string of the molecule is CC1(C)c2ccccc2-c2ccc(N(c3ccc(-c4cccc5c4oc4c(-c6ccccc6)cccc45)cc3)c3ccc4sc(-c5ccccc5)nc4c3)cc21. The molecule has 0 unspecified atom stereocenters. The molecule has 8 aromatic carbocycles. The largest absolute Gasteiger partial charge is 0.455 e. The number of hydrogen-bond acceptors (Lipinski definition) is 4. The fraction of sp³-hybridized carbons (Fsp3) is 0.0577. The van der Waals surface area contributed by atoms with Crippen LogP contribution in [-0.4, -0.2) is 4.98 Å². The number of anilines is 3. The van der Waals surface area contributed by atoms with Gasteiger partial charge in [0.05, 0.1) is 10.2 Å². The highest BCUT2D eigenvalue weighted by atomic mass is 32.1. The standard InChI is InChI=1S/C52H36N2OS/c1-52(2)45-22-10-9-17-41(45)42-29-27-37(31-46(42)52)54(38-28-30-48-47(32-38)53-51(56-48)35-15-7-4-8-16-35)36-25-23-34(24-26-36)40-19-12-21-44-43-20-11-18-39(49(43)55-50(40)44)33-13-5-3-6-14-33/h3-32H,1-2H3. The van der Waals surface area contributed by atoms with Crippen LogP contribution in [0.4, 0.5) is 17.1 Å². The maximum atomic E-state index is 6.79. The molecule has 2 heterocycles. The zero-order valence-electron chi connectivity index (χ0n) is 31.0. The van der Waals surface area contributed by atoms with Crippen molar-refractivity contribution in [1.29, 1.82) is 0 Å². The number of rotatable bonds is 6. The highest BCUT2D eigenvalue weighted by molar-refractivity contribution is 7.21. The van der Waals surface area contributed by atoms with Crippen LogP contribution in [0.3, 0.4) is 0 Å². The normalized spacial score (nSPS) is 13.0. The van der Waals surface area contributed by atoms with Gasteiger partial charge in [-0.25, -0.2) is 4.98 Å². The van der Waals surface area contributed by atoms with Crippen molar-refractivity contribution in [2.45, 2.75) is 19.3 Å². The van der Waals surface area contributed by atoms with E-state index < -0.39 is 0 Å². The third kappa shape index (κ3) is 5.14. The number of aromatic nitrogens is 1. The Morgan fingerprint density at radius 3 is 1.73 bits per heavy atom. The predicted octanol–water partition coefficient (Wildman–Crippen LogP) is 15.0. The van der Waals surface area contributed by atoms with Crippen molar-refractivity contribution >= 4 is 60.6 Å². The Hall–Kier alpha value is -6.75. The van der Waals surface area contributed by atoms with Crippen molar-refractivity contribution < 1.29 is 4.42 Å². The Balaban J connectivity index is 1.04. The summed E-state index contributed by atoms with van der Waals surface area (Å²) in [5.41, 5.74) is 16.8. The van der Waals surface area contributed by atoms with Crippen LogP contribution in [0.2, 0.25) is 0 Å². The molecule has 10 aromatic rings. The Kier molecular flexibility index (Phi) is 7.38. The number of fused-ring (bicyclic) bond motifs is 7. The van der Waals surface area contributed by atoms with Crippen molar-refractivity contribution in [1.82, 2.24) is 4.98 Å². The summed E-state index contributed by atoms with van der Waals surface area (Å²) < 4.78 is 7.96. The summed E-state index contributed by atoms with van der Waals surface area (Å²) >= 11 is 1.73. The number of benzene rings is 8. The van der Waals surface area contributed by atoms with Gasteiger partial charge in [-0.3, -0.25) is 0 Å². The summed E-state index contributed by atoms with van der Waals surface area (Å²) in [7, 11) is 0. The number of hydrogen-bond donors (Lipinski definition) is 0. The average Bonchev–Trinajstić information content (AvgIpc) is 3.92. The highest BCUT2D eigenvalue weighted by Crippen LogP contribution is 2.51. The first-order valence-corrected chi connectivity index (χ1v) is 19.9. The minimum atomic E-state index is -0.118. The highest BCUT2D eigenvalue weighted by Gasteiger charge is 2.35. The van der Waals surface area contributed by atoms with Crippen LogP contribution in [0.15, 0.2) is 186 Å². The molecule has 1 aliphatic carbocycles. The quantitative estimate of drug-likeness (QED) is 0.170. The smallest absolute Gasteiger partial charge is 0.143 e. The Bertz CT molecular complexity index is 3100.